The Hall–Kier alpha value is -1.82. The monoisotopic (exact) mass is 296 g/mol. The first kappa shape index (κ1) is 17.2. The van der Waals surface area contributed by atoms with Gasteiger partial charge in [0, 0.05) is 37.0 Å². The van der Waals surface area contributed by atoms with Crippen molar-refractivity contribution in [3.8, 4) is 5.75 Å². The van der Waals surface area contributed by atoms with Crippen molar-refractivity contribution < 1.29 is 14.8 Å². The molecule has 0 atom stereocenters. The number of hydrogen-bond donors (Lipinski definition) is 1. The van der Waals surface area contributed by atoms with Crippen molar-refractivity contribution in [3.63, 3.8) is 0 Å². The maximum atomic E-state index is 11.1. The van der Waals surface area contributed by atoms with E-state index in [1.165, 1.54) is 6.07 Å². The molecule has 0 heterocycles. The Bertz CT molecular complexity index is 475. The number of aliphatic hydroxyl groups is 1. The SMILES string of the molecule is CC(C)Oc1cc(N(CCCO)C(C)C)ccc1[N+](=O)[O-]. The molecule has 0 aliphatic carbocycles. The first-order chi connectivity index (χ1) is 9.86. The lowest BCUT2D eigenvalue weighted by molar-refractivity contribution is -0.386. The maximum absolute atomic E-state index is 11.1. The van der Waals surface area contributed by atoms with Gasteiger partial charge in [0.25, 0.3) is 0 Å². The molecule has 1 aromatic carbocycles. The van der Waals surface area contributed by atoms with Gasteiger partial charge in [-0.1, -0.05) is 0 Å². The molecule has 0 saturated carbocycles. The number of nitro groups is 1. The number of benzene rings is 1. The second-order valence-electron chi connectivity index (χ2n) is 5.44. The minimum atomic E-state index is -0.436. The summed E-state index contributed by atoms with van der Waals surface area (Å²) in [7, 11) is 0. The van der Waals surface area contributed by atoms with Crippen molar-refractivity contribution in [3.05, 3.63) is 28.3 Å². The van der Waals surface area contributed by atoms with Crippen LogP contribution in [0.25, 0.3) is 0 Å². The molecule has 21 heavy (non-hydrogen) atoms. The first-order valence-corrected chi connectivity index (χ1v) is 7.19. The van der Waals surface area contributed by atoms with Gasteiger partial charge in [0.05, 0.1) is 11.0 Å². The summed E-state index contributed by atoms with van der Waals surface area (Å²) in [6.07, 6.45) is 0.513. The van der Waals surface area contributed by atoms with Gasteiger partial charge in [0.15, 0.2) is 5.75 Å². The molecule has 6 nitrogen and oxygen atoms in total. The van der Waals surface area contributed by atoms with E-state index in [0.717, 1.165) is 5.69 Å². The molecule has 0 unspecified atom stereocenters. The van der Waals surface area contributed by atoms with Gasteiger partial charge >= 0.3 is 5.69 Å². The Morgan fingerprint density at radius 1 is 1.33 bits per heavy atom. The van der Waals surface area contributed by atoms with E-state index in [-0.39, 0.29) is 30.2 Å². The van der Waals surface area contributed by atoms with Crippen molar-refractivity contribution in [1.82, 2.24) is 0 Å². The molecular weight excluding hydrogens is 272 g/mol. The molecule has 0 fully saturated rings. The fourth-order valence-corrected chi connectivity index (χ4v) is 2.11. The number of ether oxygens (including phenoxy) is 1. The second kappa shape index (κ2) is 7.83. The molecule has 1 N–H and O–H groups in total. The Morgan fingerprint density at radius 3 is 2.48 bits per heavy atom. The van der Waals surface area contributed by atoms with Gasteiger partial charge in [-0.25, -0.2) is 0 Å². The topological polar surface area (TPSA) is 75.8 Å². The number of aliphatic hydroxyl groups excluding tert-OH is 1. The van der Waals surface area contributed by atoms with Gasteiger partial charge in [-0.3, -0.25) is 10.1 Å². The molecule has 6 heteroatoms. The third-order valence-electron chi connectivity index (χ3n) is 3.01. The summed E-state index contributed by atoms with van der Waals surface area (Å²) in [6, 6.07) is 5.13. The predicted octanol–water partition coefficient (Wildman–Crippen LogP) is 2.98. The van der Waals surface area contributed by atoms with Crippen LogP contribution in [0.15, 0.2) is 18.2 Å². The van der Waals surface area contributed by atoms with Crippen molar-refractivity contribution >= 4 is 11.4 Å². The van der Waals surface area contributed by atoms with Gasteiger partial charge in [0.2, 0.25) is 0 Å². The fourth-order valence-electron chi connectivity index (χ4n) is 2.11. The van der Waals surface area contributed by atoms with Gasteiger partial charge in [-0.2, -0.15) is 0 Å². The molecule has 0 bridgehead atoms. The van der Waals surface area contributed by atoms with Crippen LogP contribution >= 0.6 is 0 Å². The third kappa shape index (κ3) is 4.90. The molecule has 1 rings (SSSR count). The smallest absolute Gasteiger partial charge is 0.311 e. The minimum absolute atomic E-state index is 0.0293. The molecule has 118 valence electrons. The maximum Gasteiger partial charge on any atom is 0.311 e. The molecule has 0 amide bonds. The number of nitrogens with zero attached hydrogens (tertiary/aromatic N) is 2. The number of anilines is 1. The average molecular weight is 296 g/mol. The summed E-state index contributed by atoms with van der Waals surface area (Å²) in [5, 5.41) is 20.1. The standard InChI is InChI=1S/C15H24N2O4/c1-11(2)16(8-5-9-18)13-6-7-14(17(19)20)15(10-13)21-12(3)4/h6-7,10-12,18H,5,8-9H2,1-4H3. The Kier molecular flexibility index (Phi) is 6.42. The van der Waals surface area contributed by atoms with Crippen LogP contribution in [0.1, 0.15) is 34.1 Å². The van der Waals surface area contributed by atoms with E-state index < -0.39 is 4.92 Å². The predicted molar refractivity (Wildman–Crippen MR) is 83.0 cm³/mol. The van der Waals surface area contributed by atoms with Crippen LogP contribution in [0.5, 0.6) is 5.75 Å². The Morgan fingerprint density at radius 2 is 2.00 bits per heavy atom. The van der Waals surface area contributed by atoms with Crippen LogP contribution in [-0.4, -0.2) is 35.3 Å². The van der Waals surface area contributed by atoms with Gasteiger partial charge < -0.3 is 14.7 Å². The quantitative estimate of drug-likeness (QED) is 0.589. The zero-order valence-corrected chi connectivity index (χ0v) is 13.1. The highest BCUT2D eigenvalue weighted by atomic mass is 16.6. The highest BCUT2D eigenvalue weighted by Gasteiger charge is 2.19. The van der Waals surface area contributed by atoms with Gasteiger partial charge in [0.1, 0.15) is 0 Å². The van der Waals surface area contributed by atoms with E-state index >= 15 is 0 Å². The molecule has 0 aromatic heterocycles. The Balaban J connectivity index is 3.14. The molecule has 1 aromatic rings. The third-order valence-corrected chi connectivity index (χ3v) is 3.01. The summed E-state index contributed by atoms with van der Waals surface area (Å²) in [5.74, 6) is 0.280. The summed E-state index contributed by atoms with van der Waals surface area (Å²) in [5.41, 5.74) is 0.831. The van der Waals surface area contributed by atoms with Crippen molar-refractivity contribution in [1.29, 1.82) is 0 Å². The van der Waals surface area contributed by atoms with Crippen LogP contribution in [0.3, 0.4) is 0 Å². The molecule has 0 aliphatic rings. The van der Waals surface area contributed by atoms with E-state index in [2.05, 4.69) is 4.90 Å². The molecule has 0 aliphatic heterocycles. The second-order valence-corrected chi connectivity index (χ2v) is 5.44. The molecule has 0 saturated heterocycles. The zero-order valence-electron chi connectivity index (χ0n) is 13.1. The van der Waals surface area contributed by atoms with E-state index in [1.54, 1.807) is 12.1 Å². The van der Waals surface area contributed by atoms with Crippen molar-refractivity contribution in [2.75, 3.05) is 18.1 Å². The first-order valence-electron chi connectivity index (χ1n) is 7.19. The van der Waals surface area contributed by atoms with Crippen LogP contribution in [-0.2, 0) is 0 Å². The zero-order chi connectivity index (χ0) is 16.0. The normalized spacial score (nSPS) is 11.0. The van der Waals surface area contributed by atoms with Crippen LogP contribution in [0.2, 0.25) is 0 Å². The lowest BCUT2D eigenvalue weighted by Gasteiger charge is -2.29. The van der Waals surface area contributed by atoms with Gasteiger partial charge in [-0.05, 0) is 40.2 Å². The lowest BCUT2D eigenvalue weighted by atomic mass is 10.2. The number of rotatable bonds is 8. The summed E-state index contributed by atoms with van der Waals surface area (Å²) in [4.78, 5) is 12.7. The number of nitro benzene ring substituents is 1. The average Bonchev–Trinajstić information content (AvgIpc) is 2.37. The molecular formula is C15H24N2O4. The van der Waals surface area contributed by atoms with Crippen LogP contribution in [0.4, 0.5) is 11.4 Å². The van der Waals surface area contributed by atoms with Crippen LogP contribution < -0.4 is 9.64 Å². The van der Waals surface area contributed by atoms with Crippen LogP contribution in [0, 0.1) is 10.1 Å². The van der Waals surface area contributed by atoms with Crippen molar-refractivity contribution in [2.24, 2.45) is 0 Å². The van der Waals surface area contributed by atoms with E-state index in [4.69, 9.17) is 9.84 Å². The lowest BCUT2D eigenvalue weighted by Crippen LogP contribution is -2.32. The van der Waals surface area contributed by atoms with Gasteiger partial charge in [-0.15, -0.1) is 0 Å². The van der Waals surface area contributed by atoms with E-state index in [9.17, 15) is 10.1 Å². The fraction of sp³-hybridized carbons (Fsp3) is 0.600. The summed E-state index contributed by atoms with van der Waals surface area (Å²) in [6.45, 7) is 8.56. The summed E-state index contributed by atoms with van der Waals surface area (Å²) >= 11 is 0. The largest absolute Gasteiger partial charge is 0.484 e. The van der Waals surface area contributed by atoms with Crippen molar-refractivity contribution in [2.45, 2.75) is 46.3 Å². The van der Waals surface area contributed by atoms with E-state index in [0.29, 0.717) is 13.0 Å². The summed E-state index contributed by atoms with van der Waals surface area (Å²) < 4.78 is 5.56. The Labute approximate surface area is 125 Å². The molecule has 0 radical (unpaired) electrons. The highest BCUT2D eigenvalue weighted by molar-refractivity contribution is 5.59. The molecule has 0 spiro atoms. The van der Waals surface area contributed by atoms with E-state index in [1.807, 2.05) is 27.7 Å². The minimum Gasteiger partial charge on any atom is -0.484 e. The highest BCUT2D eigenvalue weighted by Crippen LogP contribution is 2.33. The number of hydrogen-bond acceptors (Lipinski definition) is 5.